The van der Waals surface area contributed by atoms with Gasteiger partial charge < -0.3 is 19.7 Å². The summed E-state index contributed by atoms with van der Waals surface area (Å²) in [6.45, 7) is 6.48. The van der Waals surface area contributed by atoms with Gasteiger partial charge >= 0.3 is 0 Å². The molecule has 138 valence electrons. The zero-order valence-electron chi connectivity index (χ0n) is 15.2. The molecule has 5 nitrogen and oxygen atoms in total. The number of amides is 1. The number of hydrogen-bond donors (Lipinski definition) is 1. The van der Waals surface area contributed by atoms with Gasteiger partial charge in [-0.2, -0.15) is 0 Å². The molecule has 0 aromatic heterocycles. The molecule has 0 bridgehead atoms. The highest BCUT2D eigenvalue weighted by atomic mass is 16.5. The Balaban J connectivity index is 1.49. The van der Waals surface area contributed by atoms with Gasteiger partial charge in [-0.3, -0.25) is 4.79 Å². The number of para-hydroxylation sites is 1. The van der Waals surface area contributed by atoms with E-state index in [0.29, 0.717) is 38.4 Å². The topological polar surface area (TPSA) is 50.8 Å². The second kappa shape index (κ2) is 9.20. The third-order valence-corrected chi connectivity index (χ3v) is 5.25. The molecule has 1 amide bonds. The quantitative estimate of drug-likeness (QED) is 0.805. The molecule has 1 heterocycles. The maximum absolute atomic E-state index is 12.6. The van der Waals surface area contributed by atoms with Gasteiger partial charge in [0.15, 0.2) is 0 Å². The van der Waals surface area contributed by atoms with Crippen molar-refractivity contribution in [1.82, 2.24) is 5.32 Å². The fraction of sp³-hybridized carbons (Fsp3) is 0.650. The van der Waals surface area contributed by atoms with Crippen molar-refractivity contribution in [2.24, 2.45) is 5.92 Å². The lowest BCUT2D eigenvalue weighted by atomic mass is 9.88. The molecule has 1 N–H and O–H groups in total. The van der Waals surface area contributed by atoms with Crippen LogP contribution in [0.2, 0.25) is 0 Å². The fourth-order valence-electron chi connectivity index (χ4n) is 3.75. The Morgan fingerprint density at radius 1 is 1.24 bits per heavy atom. The first-order valence-electron chi connectivity index (χ1n) is 9.57. The van der Waals surface area contributed by atoms with Crippen LogP contribution in [0.4, 0.5) is 5.69 Å². The molecule has 1 saturated carbocycles. The summed E-state index contributed by atoms with van der Waals surface area (Å²) >= 11 is 0. The van der Waals surface area contributed by atoms with Gasteiger partial charge in [0.2, 0.25) is 0 Å². The summed E-state index contributed by atoms with van der Waals surface area (Å²) in [5.74, 6) is 0.605. The van der Waals surface area contributed by atoms with Crippen LogP contribution in [0.1, 0.15) is 43.0 Å². The summed E-state index contributed by atoms with van der Waals surface area (Å²) in [5.41, 5.74) is 1.72. The van der Waals surface area contributed by atoms with Crippen molar-refractivity contribution in [2.75, 3.05) is 44.4 Å². The molecule has 1 aliphatic carbocycles. The van der Waals surface area contributed by atoms with E-state index in [1.807, 2.05) is 24.3 Å². The van der Waals surface area contributed by atoms with Crippen molar-refractivity contribution in [1.29, 1.82) is 0 Å². The highest BCUT2D eigenvalue weighted by Crippen LogP contribution is 2.26. The van der Waals surface area contributed by atoms with Crippen LogP contribution in [0.3, 0.4) is 0 Å². The minimum atomic E-state index is -0.0256. The Bertz CT molecular complexity index is 558. The molecular weight excluding hydrogens is 316 g/mol. The van der Waals surface area contributed by atoms with Gasteiger partial charge in [-0.1, -0.05) is 31.9 Å². The number of carbonyl (C=O) groups is 1. The molecular formula is C20H30N2O3. The van der Waals surface area contributed by atoms with E-state index in [1.165, 1.54) is 19.3 Å². The van der Waals surface area contributed by atoms with E-state index in [0.717, 1.165) is 30.8 Å². The van der Waals surface area contributed by atoms with Gasteiger partial charge in [0.25, 0.3) is 5.91 Å². The lowest BCUT2D eigenvalue weighted by Crippen LogP contribution is -2.38. The molecule has 5 heteroatoms. The maximum atomic E-state index is 12.6. The second-order valence-corrected chi connectivity index (χ2v) is 7.04. The Labute approximate surface area is 150 Å². The summed E-state index contributed by atoms with van der Waals surface area (Å²) in [7, 11) is 0. The largest absolute Gasteiger partial charge is 0.378 e. The molecule has 2 aliphatic rings. The highest BCUT2D eigenvalue weighted by Gasteiger charge is 2.22. The Kier molecular flexibility index (Phi) is 6.70. The molecule has 3 rings (SSSR count). The number of rotatable bonds is 6. The van der Waals surface area contributed by atoms with Crippen molar-refractivity contribution in [3.63, 3.8) is 0 Å². The van der Waals surface area contributed by atoms with Gasteiger partial charge in [0, 0.05) is 25.3 Å². The molecule has 0 spiro atoms. The predicted molar refractivity (Wildman–Crippen MR) is 99.2 cm³/mol. The first kappa shape index (κ1) is 18.2. The number of benzene rings is 1. The summed E-state index contributed by atoms with van der Waals surface area (Å²) in [6, 6.07) is 7.80. The van der Waals surface area contributed by atoms with Gasteiger partial charge in [-0.05, 0) is 30.9 Å². The molecule has 1 saturated heterocycles. The number of anilines is 1. The minimum Gasteiger partial charge on any atom is -0.378 e. The molecule has 1 aromatic rings. The number of hydrogen-bond acceptors (Lipinski definition) is 4. The molecule has 1 aromatic carbocycles. The van der Waals surface area contributed by atoms with Gasteiger partial charge in [0.05, 0.1) is 31.5 Å². The van der Waals surface area contributed by atoms with E-state index in [2.05, 4.69) is 17.1 Å². The molecule has 1 aliphatic heterocycles. The van der Waals surface area contributed by atoms with Crippen LogP contribution in [0.5, 0.6) is 0 Å². The SMILES string of the molecule is C[C@@H]1CCCC[C@@H]1OCCNC(=O)c1ccccc1N1CCOCC1. The van der Waals surface area contributed by atoms with Crippen LogP contribution >= 0.6 is 0 Å². The smallest absolute Gasteiger partial charge is 0.253 e. The van der Waals surface area contributed by atoms with E-state index < -0.39 is 0 Å². The van der Waals surface area contributed by atoms with Crippen molar-refractivity contribution in [3.8, 4) is 0 Å². The zero-order chi connectivity index (χ0) is 17.5. The molecule has 2 fully saturated rings. The van der Waals surface area contributed by atoms with E-state index in [9.17, 15) is 4.79 Å². The van der Waals surface area contributed by atoms with Crippen LogP contribution in [-0.2, 0) is 9.47 Å². The maximum Gasteiger partial charge on any atom is 0.253 e. The van der Waals surface area contributed by atoms with Gasteiger partial charge in [0.1, 0.15) is 0 Å². The second-order valence-electron chi connectivity index (χ2n) is 7.04. The number of nitrogens with zero attached hydrogens (tertiary/aromatic N) is 1. The molecule has 2 atom stereocenters. The molecule has 0 radical (unpaired) electrons. The number of carbonyl (C=O) groups excluding carboxylic acids is 1. The lowest BCUT2D eigenvalue weighted by molar-refractivity contribution is -0.00293. The average Bonchev–Trinajstić information content (AvgIpc) is 2.67. The number of nitrogens with one attached hydrogen (secondary N) is 1. The predicted octanol–water partition coefficient (Wildman–Crippen LogP) is 2.85. The Morgan fingerprint density at radius 2 is 2.00 bits per heavy atom. The van der Waals surface area contributed by atoms with Crippen LogP contribution < -0.4 is 10.2 Å². The third kappa shape index (κ3) is 4.95. The third-order valence-electron chi connectivity index (χ3n) is 5.25. The molecule has 0 unspecified atom stereocenters. The first-order valence-corrected chi connectivity index (χ1v) is 9.57. The zero-order valence-corrected chi connectivity index (χ0v) is 15.2. The first-order chi connectivity index (χ1) is 12.3. The van der Waals surface area contributed by atoms with E-state index in [4.69, 9.17) is 9.47 Å². The minimum absolute atomic E-state index is 0.0256. The van der Waals surface area contributed by atoms with Crippen LogP contribution in [-0.4, -0.2) is 51.5 Å². The molecule has 25 heavy (non-hydrogen) atoms. The van der Waals surface area contributed by atoms with Gasteiger partial charge in [-0.25, -0.2) is 0 Å². The van der Waals surface area contributed by atoms with Gasteiger partial charge in [-0.15, -0.1) is 0 Å². The Hall–Kier alpha value is -1.59. The van der Waals surface area contributed by atoms with E-state index >= 15 is 0 Å². The van der Waals surface area contributed by atoms with E-state index in [-0.39, 0.29) is 5.91 Å². The summed E-state index contributed by atoms with van der Waals surface area (Å²) in [5, 5.41) is 3.01. The average molecular weight is 346 g/mol. The summed E-state index contributed by atoms with van der Waals surface area (Å²) in [6.07, 6.45) is 5.33. The summed E-state index contributed by atoms with van der Waals surface area (Å²) in [4.78, 5) is 14.8. The monoisotopic (exact) mass is 346 g/mol. The van der Waals surface area contributed by atoms with Crippen molar-refractivity contribution in [3.05, 3.63) is 29.8 Å². The fourth-order valence-corrected chi connectivity index (χ4v) is 3.75. The lowest BCUT2D eigenvalue weighted by Gasteiger charge is -2.30. The number of ether oxygens (including phenoxy) is 2. The van der Waals surface area contributed by atoms with Crippen LogP contribution in [0.25, 0.3) is 0 Å². The van der Waals surface area contributed by atoms with Crippen molar-refractivity contribution in [2.45, 2.75) is 38.7 Å². The standard InChI is InChI=1S/C20H30N2O3/c1-16-6-2-5-9-19(16)25-13-10-21-20(23)17-7-3-4-8-18(17)22-11-14-24-15-12-22/h3-4,7-8,16,19H,2,5-6,9-15H2,1H3,(H,21,23)/t16-,19+/m1/s1. The van der Waals surface area contributed by atoms with E-state index in [1.54, 1.807) is 0 Å². The highest BCUT2D eigenvalue weighted by molar-refractivity contribution is 5.99. The van der Waals surface area contributed by atoms with Crippen molar-refractivity contribution < 1.29 is 14.3 Å². The summed E-state index contributed by atoms with van der Waals surface area (Å²) < 4.78 is 11.4. The normalized spacial score (nSPS) is 24.1. The van der Waals surface area contributed by atoms with Crippen LogP contribution in [0, 0.1) is 5.92 Å². The van der Waals surface area contributed by atoms with Crippen LogP contribution in [0.15, 0.2) is 24.3 Å². The number of morpholine rings is 1. The van der Waals surface area contributed by atoms with Crippen molar-refractivity contribution >= 4 is 11.6 Å². The Morgan fingerprint density at radius 3 is 2.80 bits per heavy atom.